The van der Waals surface area contributed by atoms with Gasteiger partial charge in [-0.3, -0.25) is 0 Å². The second kappa shape index (κ2) is 6.32. The number of likely N-dealkylation sites (N-methyl/N-ethyl adjacent to an activating group) is 1. The SMILES string of the molecule is Cc1cc(N(C)c2ccccc2)nc(N2CCN(C)CC2)n1. The largest absolute Gasteiger partial charge is 0.338 e. The lowest BCUT2D eigenvalue weighted by Crippen LogP contribution is -2.45. The van der Waals surface area contributed by atoms with E-state index in [4.69, 9.17) is 4.98 Å². The van der Waals surface area contributed by atoms with Gasteiger partial charge in [-0.1, -0.05) is 18.2 Å². The first-order valence-electron chi connectivity index (χ1n) is 7.71. The molecule has 22 heavy (non-hydrogen) atoms. The highest BCUT2D eigenvalue weighted by Gasteiger charge is 2.18. The second-order valence-corrected chi connectivity index (χ2v) is 5.85. The fourth-order valence-electron chi connectivity index (χ4n) is 2.64. The number of nitrogens with zero attached hydrogens (tertiary/aromatic N) is 5. The third kappa shape index (κ3) is 3.20. The molecule has 5 nitrogen and oxygen atoms in total. The highest BCUT2D eigenvalue weighted by molar-refractivity contribution is 5.60. The topological polar surface area (TPSA) is 35.5 Å². The summed E-state index contributed by atoms with van der Waals surface area (Å²) in [5.74, 6) is 1.78. The summed E-state index contributed by atoms with van der Waals surface area (Å²) >= 11 is 0. The van der Waals surface area contributed by atoms with Crippen LogP contribution in [0.15, 0.2) is 36.4 Å². The quantitative estimate of drug-likeness (QED) is 0.869. The Bertz CT molecular complexity index is 620. The van der Waals surface area contributed by atoms with Gasteiger partial charge in [-0.25, -0.2) is 4.98 Å². The Morgan fingerprint density at radius 1 is 1.00 bits per heavy atom. The first-order valence-corrected chi connectivity index (χ1v) is 7.71. The molecular weight excluding hydrogens is 274 g/mol. The van der Waals surface area contributed by atoms with Gasteiger partial charge < -0.3 is 14.7 Å². The molecule has 2 aromatic rings. The molecule has 0 bridgehead atoms. The molecule has 0 saturated carbocycles. The summed E-state index contributed by atoms with van der Waals surface area (Å²) in [7, 11) is 4.20. The van der Waals surface area contributed by atoms with Crippen molar-refractivity contribution in [1.29, 1.82) is 0 Å². The minimum atomic E-state index is 0.839. The number of hydrogen-bond acceptors (Lipinski definition) is 5. The van der Waals surface area contributed by atoms with Crippen molar-refractivity contribution in [2.45, 2.75) is 6.92 Å². The lowest BCUT2D eigenvalue weighted by molar-refractivity contribution is 0.311. The number of para-hydroxylation sites is 1. The van der Waals surface area contributed by atoms with Gasteiger partial charge in [0.1, 0.15) is 5.82 Å². The van der Waals surface area contributed by atoms with Crippen LogP contribution in [0.1, 0.15) is 5.69 Å². The van der Waals surface area contributed by atoms with Crippen LogP contribution >= 0.6 is 0 Å². The van der Waals surface area contributed by atoms with Crippen LogP contribution in [0.5, 0.6) is 0 Å². The van der Waals surface area contributed by atoms with Crippen molar-refractivity contribution in [3.8, 4) is 0 Å². The monoisotopic (exact) mass is 297 g/mol. The van der Waals surface area contributed by atoms with E-state index >= 15 is 0 Å². The van der Waals surface area contributed by atoms with Crippen molar-refractivity contribution in [2.75, 3.05) is 50.1 Å². The number of rotatable bonds is 3. The van der Waals surface area contributed by atoms with Crippen LogP contribution in [0.3, 0.4) is 0 Å². The van der Waals surface area contributed by atoms with E-state index in [-0.39, 0.29) is 0 Å². The summed E-state index contributed by atoms with van der Waals surface area (Å²) in [5.41, 5.74) is 2.13. The fraction of sp³-hybridized carbons (Fsp3) is 0.412. The van der Waals surface area contributed by atoms with Crippen molar-refractivity contribution in [1.82, 2.24) is 14.9 Å². The number of anilines is 3. The van der Waals surface area contributed by atoms with E-state index in [0.29, 0.717) is 0 Å². The molecule has 0 atom stereocenters. The first kappa shape index (κ1) is 14.8. The molecule has 1 aromatic carbocycles. The predicted octanol–water partition coefficient (Wildman–Crippen LogP) is 2.30. The smallest absolute Gasteiger partial charge is 0.227 e. The maximum atomic E-state index is 4.78. The molecule has 0 unspecified atom stereocenters. The minimum Gasteiger partial charge on any atom is -0.338 e. The Labute approximate surface area is 132 Å². The summed E-state index contributed by atoms with van der Waals surface area (Å²) in [6.07, 6.45) is 0. The highest BCUT2D eigenvalue weighted by atomic mass is 15.3. The van der Waals surface area contributed by atoms with E-state index in [2.05, 4.69) is 38.9 Å². The van der Waals surface area contributed by atoms with Crippen LogP contribution in [0, 0.1) is 6.92 Å². The van der Waals surface area contributed by atoms with Crippen LogP contribution in [-0.4, -0.2) is 55.1 Å². The lowest BCUT2D eigenvalue weighted by atomic mass is 10.3. The molecule has 3 rings (SSSR count). The molecule has 116 valence electrons. The Kier molecular flexibility index (Phi) is 4.24. The van der Waals surface area contributed by atoms with Crippen molar-refractivity contribution < 1.29 is 0 Å². The summed E-state index contributed by atoms with van der Waals surface area (Å²) in [6.45, 7) is 6.11. The number of hydrogen-bond donors (Lipinski definition) is 0. The Hall–Kier alpha value is -2.14. The molecule has 0 N–H and O–H groups in total. The average molecular weight is 297 g/mol. The van der Waals surface area contributed by atoms with Crippen LogP contribution in [-0.2, 0) is 0 Å². The molecule has 1 fully saturated rings. The third-order valence-corrected chi connectivity index (χ3v) is 4.10. The molecule has 1 saturated heterocycles. The lowest BCUT2D eigenvalue weighted by Gasteiger charge is -2.33. The van der Waals surface area contributed by atoms with Gasteiger partial charge in [-0.15, -0.1) is 0 Å². The normalized spacial score (nSPS) is 15.9. The zero-order valence-corrected chi connectivity index (χ0v) is 13.5. The van der Waals surface area contributed by atoms with E-state index < -0.39 is 0 Å². The Morgan fingerprint density at radius 3 is 2.36 bits per heavy atom. The van der Waals surface area contributed by atoms with Crippen molar-refractivity contribution >= 4 is 17.5 Å². The number of aromatic nitrogens is 2. The molecule has 0 amide bonds. The maximum absolute atomic E-state index is 4.78. The van der Waals surface area contributed by atoms with Gasteiger partial charge in [0.15, 0.2) is 0 Å². The zero-order valence-electron chi connectivity index (χ0n) is 13.5. The van der Waals surface area contributed by atoms with Gasteiger partial charge in [-0.05, 0) is 26.1 Å². The van der Waals surface area contributed by atoms with Crippen LogP contribution in [0.4, 0.5) is 17.5 Å². The molecule has 0 aliphatic carbocycles. The van der Waals surface area contributed by atoms with E-state index in [1.807, 2.05) is 38.2 Å². The van der Waals surface area contributed by atoms with Crippen molar-refractivity contribution in [3.63, 3.8) is 0 Å². The molecular formula is C17H23N5. The van der Waals surface area contributed by atoms with E-state index in [9.17, 15) is 0 Å². The van der Waals surface area contributed by atoms with Gasteiger partial charge in [0.25, 0.3) is 0 Å². The fourth-order valence-corrected chi connectivity index (χ4v) is 2.64. The summed E-state index contributed by atoms with van der Waals surface area (Å²) < 4.78 is 0. The van der Waals surface area contributed by atoms with Gasteiger partial charge in [0.05, 0.1) is 0 Å². The number of benzene rings is 1. The van der Waals surface area contributed by atoms with Gasteiger partial charge >= 0.3 is 0 Å². The molecule has 5 heteroatoms. The van der Waals surface area contributed by atoms with Gasteiger partial charge in [0, 0.05) is 50.7 Å². The van der Waals surface area contributed by atoms with Crippen molar-refractivity contribution in [3.05, 3.63) is 42.1 Å². The zero-order chi connectivity index (χ0) is 15.5. The summed E-state index contributed by atoms with van der Waals surface area (Å²) in [6, 6.07) is 12.3. The maximum Gasteiger partial charge on any atom is 0.227 e. The Morgan fingerprint density at radius 2 is 1.68 bits per heavy atom. The Balaban J connectivity index is 1.87. The molecule has 0 radical (unpaired) electrons. The predicted molar refractivity (Wildman–Crippen MR) is 91.0 cm³/mol. The molecule has 2 heterocycles. The van der Waals surface area contributed by atoms with Gasteiger partial charge in [0.2, 0.25) is 5.95 Å². The van der Waals surface area contributed by atoms with Crippen molar-refractivity contribution in [2.24, 2.45) is 0 Å². The number of piperazine rings is 1. The first-order chi connectivity index (χ1) is 10.6. The second-order valence-electron chi connectivity index (χ2n) is 5.85. The van der Waals surface area contributed by atoms with E-state index in [1.54, 1.807) is 0 Å². The van der Waals surface area contributed by atoms with E-state index in [1.165, 1.54) is 0 Å². The van der Waals surface area contributed by atoms with Gasteiger partial charge in [-0.2, -0.15) is 4.98 Å². The molecule has 0 spiro atoms. The number of aryl methyl sites for hydroxylation is 1. The summed E-state index contributed by atoms with van der Waals surface area (Å²) in [4.78, 5) is 16.1. The molecule has 1 aromatic heterocycles. The highest BCUT2D eigenvalue weighted by Crippen LogP contribution is 2.24. The minimum absolute atomic E-state index is 0.839. The van der Waals surface area contributed by atoms with Crippen LogP contribution in [0.2, 0.25) is 0 Å². The van der Waals surface area contributed by atoms with Crippen LogP contribution < -0.4 is 9.80 Å². The van der Waals surface area contributed by atoms with Crippen LogP contribution in [0.25, 0.3) is 0 Å². The third-order valence-electron chi connectivity index (χ3n) is 4.10. The molecule has 1 aliphatic heterocycles. The standard InChI is InChI=1S/C17H23N5/c1-14-13-16(21(3)15-7-5-4-6-8-15)19-17(18-14)22-11-9-20(2)10-12-22/h4-8,13H,9-12H2,1-3H3. The summed E-state index contributed by atoms with van der Waals surface area (Å²) in [5, 5.41) is 0. The van der Waals surface area contributed by atoms with E-state index in [0.717, 1.165) is 49.3 Å². The molecule has 1 aliphatic rings. The average Bonchev–Trinajstić information content (AvgIpc) is 2.55.